The van der Waals surface area contributed by atoms with Crippen LogP contribution >= 0.6 is 11.3 Å². The van der Waals surface area contributed by atoms with Gasteiger partial charge in [0.1, 0.15) is 18.8 Å². The zero-order chi connectivity index (χ0) is 12.3. The van der Waals surface area contributed by atoms with Crippen molar-refractivity contribution >= 4 is 37.5 Å². The number of rotatable bonds is 0. The minimum Gasteiger partial charge on any atom is -1.00 e. The van der Waals surface area contributed by atoms with Gasteiger partial charge in [0.2, 0.25) is 0 Å². The number of hydrogen-bond donors (Lipinski definition) is 2. The van der Waals surface area contributed by atoms with Gasteiger partial charge in [-0.25, -0.2) is 4.57 Å². The molecular weight excluding hydrogens is 280 g/mol. The third kappa shape index (κ3) is 1.53. The van der Waals surface area contributed by atoms with Crippen LogP contribution in [0.3, 0.4) is 0 Å². The van der Waals surface area contributed by atoms with Crippen molar-refractivity contribution in [2.45, 2.75) is 13.5 Å². The van der Waals surface area contributed by atoms with E-state index in [2.05, 4.69) is 16.0 Å². The molecule has 0 bridgehead atoms. The van der Waals surface area contributed by atoms with Crippen molar-refractivity contribution in [2.75, 3.05) is 11.9 Å². The molecule has 0 aliphatic carbocycles. The number of nitrogens with zero attached hydrogens (tertiary/aromatic N) is 1. The molecule has 4 rings (SSSR count). The Morgan fingerprint density at radius 2 is 2.00 bits per heavy atom. The first-order valence-electron chi connectivity index (χ1n) is 6.08. The zero-order valence-electron chi connectivity index (χ0n) is 10.4. The van der Waals surface area contributed by atoms with Gasteiger partial charge in [0.15, 0.2) is 5.52 Å². The number of anilines is 1. The quantitative estimate of drug-likeness (QED) is 0.563. The second-order valence-corrected chi connectivity index (χ2v) is 5.68. The molecule has 0 amide bonds. The van der Waals surface area contributed by atoms with Crippen LogP contribution in [0.5, 0.6) is 5.75 Å². The third-order valence-electron chi connectivity index (χ3n) is 3.67. The molecule has 0 atom stereocenters. The number of aromatic hydroxyl groups is 1. The summed E-state index contributed by atoms with van der Waals surface area (Å²) in [6.07, 6.45) is 0. The molecular formula is C14H13ClN2OS. The average molecular weight is 293 g/mol. The van der Waals surface area contributed by atoms with E-state index in [0.29, 0.717) is 5.75 Å². The van der Waals surface area contributed by atoms with Gasteiger partial charge >= 0.3 is 5.13 Å². The lowest BCUT2D eigenvalue weighted by Gasteiger charge is -2.06. The van der Waals surface area contributed by atoms with Crippen LogP contribution in [0.15, 0.2) is 24.3 Å². The summed E-state index contributed by atoms with van der Waals surface area (Å²) in [5.74, 6) is 0.415. The Morgan fingerprint density at radius 1 is 1.26 bits per heavy atom. The maximum Gasteiger partial charge on any atom is 0.335 e. The fourth-order valence-electron chi connectivity index (χ4n) is 2.77. The summed E-state index contributed by atoms with van der Waals surface area (Å²) in [4.78, 5) is 0. The predicted octanol–water partition coefficient (Wildman–Crippen LogP) is -0.214. The highest BCUT2D eigenvalue weighted by Gasteiger charge is 2.27. The lowest BCUT2D eigenvalue weighted by atomic mass is 10.0. The van der Waals surface area contributed by atoms with Crippen molar-refractivity contribution in [3.63, 3.8) is 0 Å². The van der Waals surface area contributed by atoms with Gasteiger partial charge in [-0.05, 0) is 24.3 Å². The maximum absolute atomic E-state index is 10.3. The average Bonchev–Trinajstić information content (AvgIpc) is 2.96. The van der Waals surface area contributed by atoms with E-state index in [4.69, 9.17) is 0 Å². The van der Waals surface area contributed by atoms with E-state index in [1.807, 2.05) is 25.1 Å². The lowest BCUT2D eigenvalue weighted by molar-refractivity contribution is -0.640. The van der Waals surface area contributed by atoms with Crippen LogP contribution in [-0.4, -0.2) is 11.7 Å². The van der Waals surface area contributed by atoms with Crippen LogP contribution in [-0.2, 0) is 6.54 Å². The highest BCUT2D eigenvalue weighted by Crippen LogP contribution is 2.40. The standard InChI is InChI=1S/C14H12N2OS.ClH/c1-8-12(17)10-5-3-2-4-9(10)11-13(8)18-14-15-6-7-16(11)14;/h2-5,17H,6-7H2,1H3;1H. The largest absolute Gasteiger partial charge is 1.00 e. The molecule has 2 aromatic carbocycles. The Morgan fingerprint density at radius 3 is 2.79 bits per heavy atom. The first-order chi connectivity index (χ1) is 8.77. The second kappa shape index (κ2) is 4.25. The van der Waals surface area contributed by atoms with Crippen molar-refractivity contribution in [1.82, 2.24) is 0 Å². The van der Waals surface area contributed by atoms with Gasteiger partial charge in [-0.15, -0.1) is 0 Å². The van der Waals surface area contributed by atoms with E-state index >= 15 is 0 Å². The van der Waals surface area contributed by atoms with E-state index in [1.165, 1.54) is 15.3 Å². The summed E-state index contributed by atoms with van der Waals surface area (Å²) in [7, 11) is 0. The number of hydrogen-bond acceptors (Lipinski definition) is 3. The molecule has 98 valence electrons. The van der Waals surface area contributed by atoms with Gasteiger partial charge < -0.3 is 17.5 Å². The van der Waals surface area contributed by atoms with Crippen LogP contribution in [0.2, 0.25) is 0 Å². The molecule has 2 N–H and O–H groups in total. The van der Waals surface area contributed by atoms with Gasteiger partial charge in [0.25, 0.3) is 0 Å². The maximum atomic E-state index is 10.3. The summed E-state index contributed by atoms with van der Waals surface area (Å²) in [6, 6.07) is 8.09. The fourth-order valence-corrected chi connectivity index (χ4v) is 4.00. The van der Waals surface area contributed by atoms with Crippen molar-refractivity contribution in [2.24, 2.45) is 0 Å². The van der Waals surface area contributed by atoms with Crippen molar-refractivity contribution in [3.05, 3.63) is 29.8 Å². The van der Waals surface area contributed by atoms with Crippen LogP contribution in [0.4, 0.5) is 5.13 Å². The van der Waals surface area contributed by atoms with Gasteiger partial charge in [0, 0.05) is 16.3 Å². The molecule has 0 saturated carbocycles. The number of phenolic OH excluding ortho intramolecular Hbond substituents is 1. The number of nitrogens with one attached hydrogen (secondary N) is 1. The second-order valence-electron chi connectivity index (χ2n) is 4.68. The molecule has 1 aromatic heterocycles. The van der Waals surface area contributed by atoms with Gasteiger partial charge in [-0.1, -0.05) is 18.2 Å². The summed E-state index contributed by atoms with van der Waals surface area (Å²) in [5.41, 5.74) is 2.24. The molecule has 0 fully saturated rings. The fraction of sp³-hybridized carbons (Fsp3) is 0.214. The van der Waals surface area contributed by atoms with Crippen LogP contribution < -0.4 is 22.3 Å². The Kier molecular flexibility index (Phi) is 2.80. The molecule has 1 aliphatic heterocycles. The molecule has 5 heteroatoms. The van der Waals surface area contributed by atoms with Gasteiger partial charge in [-0.3, -0.25) is 5.32 Å². The van der Waals surface area contributed by atoms with E-state index in [0.717, 1.165) is 29.4 Å². The Hall–Kier alpha value is -1.52. The van der Waals surface area contributed by atoms with Gasteiger partial charge in [0.05, 0.1) is 4.70 Å². The predicted molar refractivity (Wildman–Crippen MR) is 74.4 cm³/mol. The molecule has 1 aliphatic rings. The van der Waals surface area contributed by atoms with Crippen molar-refractivity contribution in [3.8, 4) is 5.75 Å². The lowest BCUT2D eigenvalue weighted by Crippen LogP contribution is -3.00. The first-order valence-corrected chi connectivity index (χ1v) is 6.89. The summed E-state index contributed by atoms with van der Waals surface area (Å²) < 4.78 is 3.52. The van der Waals surface area contributed by atoms with Crippen LogP contribution in [0.25, 0.3) is 21.0 Å². The normalized spacial score (nSPS) is 13.3. The minimum absolute atomic E-state index is 0. The van der Waals surface area contributed by atoms with E-state index in [9.17, 15) is 5.11 Å². The highest BCUT2D eigenvalue weighted by atomic mass is 35.5. The number of aromatic nitrogens is 1. The minimum atomic E-state index is 0. The Labute approximate surface area is 120 Å². The third-order valence-corrected chi connectivity index (χ3v) is 4.94. The van der Waals surface area contributed by atoms with Crippen molar-refractivity contribution < 1.29 is 22.1 Å². The number of aryl methyl sites for hydroxylation is 1. The zero-order valence-corrected chi connectivity index (χ0v) is 12.0. The summed E-state index contributed by atoms with van der Waals surface area (Å²) >= 11 is 1.73. The smallest absolute Gasteiger partial charge is 0.335 e. The van der Waals surface area contributed by atoms with Crippen LogP contribution in [0, 0.1) is 6.92 Å². The topological polar surface area (TPSA) is 36.1 Å². The Bertz CT molecular complexity index is 797. The highest BCUT2D eigenvalue weighted by molar-refractivity contribution is 7.22. The van der Waals surface area contributed by atoms with E-state index in [-0.39, 0.29) is 12.4 Å². The molecule has 19 heavy (non-hydrogen) atoms. The van der Waals surface area contributed by atoms with Crippen molar-refractivity contribution in [1.29, 1.82) is 0 Å². The molecule has 3 aromatic rings. The SMILES string of the molecule is Cc1c(O)c2ccccc2c2c1sc1[n+]2CCN1.[Cl-]. The first kappa shape index (κ1) is 12.5. The van der Waals surface area contributed by atoms with E-state index in [1.54, 1.807) is 11.3 Å². The molecule has 0 saturated heterocycles. The molecule has 3 nitrogen and oxygen atoms in total. The number of fused-ring (bicyclic) bond motifs is 5. The van der Waals surface area contributed by atoms with Gasteiger partial charge in [-0.2, -0.15) is 0 Å². The number of halogens is 1. The molecule has 2 heterocycles. The molecule has 0 unspecified atom stereocenters. The number of thiazole rings is 1. The summed E-state index contributed by atoms with van der Waals surface area (Å²) in [6.45, 7) is 4.00. The Balaban J connectivity index is 0.00000110. The number of benzene rings is 2. The van der Waals surface area contributed by atoms with E-state index < -0.39 is 0 Å². The molecule has 0 radical (unpaired) electrons. The van der Waals surface area contributed by atoms with Crippen LogP contribution in [0.1, 0.15) is 5.56 Å². The summed E-state index contributed by atoms with van der Waals surface area (Å²) in [5, 5.41) is 17.0. The molecule has 0 spiro atoms. The monoisotopic (exact) mass is 292 g/mol. The number of phenols is 1.